The fourth-order valence-corrected chi connectivity index (χ4v) is 1.02. The molecule has 0 aliphatic rings. The van der Waals surface area contributed by atoms with Crippen LogP contribution in [-0.2, 0) is 0 Å². The highest BCUT2D eigenvalue weighted by atomic mass is 16.3. The molecule has 0 atom stereocenters. The standard InChI is InChI=1S/C8H7NO.2C2H6/c1-6-5-10-8-4-9-3-2-7(6)8;2*1-2/h2-5H,1H3;2*1-2H3. The third-order valence-corrected chi connectivity index (χ3v) is 1.57. The first-order chi connectivity index (χ1) is 6.88. The van der Waals surface area contributed by atoms with Crippen molar-refractivity contribution in [2.45, 2.75) is 34.6 Å². The smallest absolute Gasteiger partial charge is 0.152 e. The lowest BCUT2D eigenvalue weighted by molar-refractivity contribution is 0.611. The molecule has 0 saturated carbocycles. The summed E-state index contributed by atoms with van der Waals surface area (Å²) < 4.78 is 5.19. The van der Waals surface area contributed by atoms with E-state index in [-0.39, 0.29) is 0 Å². The van der Waals surface area contributed by atoms with Crippen LogP contribution in [0.25, 0.3) is 11.0 Å². The molecule has 2 nitrogen and oxygen atoms in total. The average Bonchev–Trinajstić information content (AvgIpc) is 2.67. The third kappa shape index (κ3) is 2.87. The Labute approximate surface area is 86.0 Å². The molecule has 2 heterocycles. The van der Waals surface area contributed by atoms with Gasteiger partial charge in [0.15, 0.2) is 5.58 Å². The van der Waals surface area contributed by atoms with Gasteiger partial charge in [0.05, 0.1) is 12.5 Å². The highest BCUT2D eigenvalue weighted by Crippen LogP contribution is 2.17. The minimum absolute atomic E-state index is 0.861. The lowest BCUT2D eigenvalue weighted by Crippen LogP contribution is -1.68. The van der Waals surface area contributed by atoms with Crippen LogP contribution in [0.2, 0.25) is 0 Å². The molecule has 2 aromatic rings. The zero-order valence-electron chi connectivity index (χ0n) is 9.66. The van der Waals surface area contributed by atoms with Gasteiger partial charge in [-0.25, -0.2) is 0 Å². The van der Waals surface area contributed by atoms with E-state index in [0.717, 1.165) is 16.5 Å². The van der Waals surface area contributed by atoms with Crippen LogP contribution in [0.15, 0.2) is 29.1 Å². The molecule has 0 unspecified atom stereocenters. The van der Waals surface area contributed by atoms with Crippen LogP contribution in [0.4, 0.5) is 0 Å². The number of nitrogens with zero attached hydrogens (tertiary/aromatic N) is 1. The summed E-state index contributed by atoms with van der Waals surface area (Å²) in [6.45, 7) is 10.0. The van der Waals surface area contributed by atoms with E-state index in [9.17, 15) is 0 Å². The second-order valence-electron chi connectivity index (χ2n) is 2.29. The molecule has 2 aromatic heterocycles. The van der Waals surface area contributed by atoms with Crippen LogP contribution in [0, 0.1) is 6.92 Å². The highest BCUT2D eigenvalue weighted by Gasteiger charge is 1.98. The van der Waals surface area contributed by atoms with Crippen LogP contribution >= 0.6 is 0 Å². The maximum Gasteiger partial charge on any atom is 0.152 e. The Bertz CT molecular complexity index is 352. The normalized spacial score (nSPS) is 8.36. The quantitative estimate of drug-likeness (QED) is 0.627. The van der Waals surface area contributed by atoms with Gasteiger partial charge in [-0.2, -0.15) is 0 Å². The summed E-state index contributed by atoms with van der Waals surface area (Å²) >= 11 is 0. The van der Waals surface area contributed by atoms with Crippen LogP contribution in [0.1, 0.15) is 33.3 Å². The van der Waals surface area contributed by atoms with Crippen molar-refractivity contribution in [2.75, 3.05) is 0 Å². The van der Waals surface area contributed by atoms with E-state index < -0.39 is 0 Å². The third-order valence-electron chi connectivity index (χ3n) is 1.57. The second-order valence-corrected chi connectivity index (χ2v) is 2.29. The number of aromatic nitrogens is 1. The zero-order chi connectivity index (χ0) is 11.0. The Hall–Kier alpha value is -1.31. The van der Waals surface area contributed by atoms with Gasteiger partial charge in [0, 0.05) is 11.6 Å². The van der Waals surface area contributed by atoms with Gasteiger partial charge in [0.2, 0.25) is 0 Å². The van der Waals surface area contributed by atoms with Crippen molar-refractivity contribution in [1.82, 2.24) is 4.98 Å². The first-order valence-electron chi connectivity index (χ1n) is 5.16. The first kappa shape index (κ1) is 12.7. The predicted molar refractivity (Wildman–Crippen MR) is 61.4 cm³/mol. The molecule has 14 heavy (non-hydrogen) atoms. The van der Waals surface area contributed by atoms with Crippen molar-refractivity contribution >= 4 is 11.0 Å². The van der Waals surface area contributed by atoms with Gasteiger partial charge in [0.25, 0.3) is 0 Å². The summed E-state index contributed by atoms with van der Waals surface area (Å²) in [5.41, 5.74) is 2.03. The Morgan fingerprint density at radius 1 is 1.14 bits per heavy atom. The van der Waals surface area contributed by atoms with Crippen molar-refractivity contribution in [3.8, 4) is 0 Å². The number of rotatable bonds is 0. The molecule has 0 aliphatic carbocycles. The molecule has 0 amide bonds. The number of hydrogen-bond donors (Lipinski definition) is 0. The Balaban J connectivity index is 0.000000379. The van der Waals surface area contributed by atoms with Crippen molar-refractivity contribution in [1.29, 1.82) is 0 Å². The van der Waals surface area contributed by atoms with Gasteiger partial charge in [-0.3, -0.25) is 4.98 Å². The van der Waals surface area contributed by atoms with Crippen molar-refractivity contribution < 1.29 is 4.42 Å². The van der Waals surface area contributed by atoms with Gasteiger partial charge in [-0.15, -0.1) is 0 Å². The minimum Gasteiger partial charge on any atom is -0.462 e. The van der Waals surface area contributed by atoms with E-state index in [0.29, 0.717) is 0 Å². The van der Waals surface area contributed by atoms with Crippen LogP contribution in [0.3, 0.4) is 0 Å². The first-order valence-corrected chi connectivity index (χ1v) is 5.16. The molecule has 0 saturated heterocycles. The summed E-state index contributed by atoms with van der Waals surface area (Å²) in [6.07, 6.45) is 5.24. The molecule has 0 aliphatic heterocycles. The molecule has 0 radical (unpaired) electrons. The molecular formula is C12H19NO. The van der Waals surface area contributed by atoms with E-state index in [4.69, 9.17) is 4.42 Å². The number of furan rings is 1. The number of aryl methyl sites for hydroxylation is 1. The molecule has 0 aromatic carbocycles. The topological polar surface area (TPSA) is 26.0 Å². The monoisotopic (exact) mass is 193 g/mol. The fraction of sp³-hybridized carbons (Fsp3) is 0.417. The van der Waals surface area contributed by atoms with Crippen LogP contribution < -0.4 is 0 Å². The number of hydrogen-bond acceptors (Lipinski definition) is 2. The van der Waals surface area contributed by atoms with Crippen molar-refractivity contribution in [3.05, 3.63) is 30.3 Å². The van der Waals surface area contributed by atoms with E-state index in [1.807, 2.05) is 40.7 Å². The van der Waals surface area contributed by atoms with E-state index in [2.05, 4.69) is 4.98 Å². The van der Waals surface area contributed by atoms with Gasteiger partial charge in [0.1, 0.15) is 0 Å². The molecule has 0 bridgehead atoms. The molecule has 0 fully saturated rings. The van der Waals surface area contributed by atoms with E-state index >= 15 is 0 Å². The zero-order valence-corrected chi connectivity index (χ0v) is 9.66. The average molecular weight is 193 g/mol. The van der Waals surface area contributed by atoms with E-state index in [1.54, 1.807) is 18.7 Å². The highest BCUT2D eigenvalue weighted by molar-refractivity contribution is 5.79. The number of fused-ring (bicyclic) bond motifs is 1. The predicted octanol–water partition coefficient (Wildman–Crippen LogP) is 4.19. The summed E-state index contributed by atoms with van der Waals surface area (Å²) in [4.78, 5) is 3.93. The Kier molecular flexibility index (Phi) is 6.46. The maximum atomic E-state index is 5.19. The summed E-state index contributed by atoms with van der Waals surface area (Å²) in [6, 6.07) is 1.95. The van der Waals surface area contributed by atoms with Crippen molar-refractivity contribution in [3.63, 3.8) is 0 Å². The lowest BCUT2D eigenvalue weighted by atomic mass is 10.2. The van der Waals surface area contributed by atoms with Crippen LogP contribution in [-0.4, -0.2) is 4.98 Å². The minimum atomic E-state index is 0.861. The van der Waals surface area contributed by atoms with Gasteiger partial charge < -0.3 is 4.42 Å². The molecule has 2 heteroatoms. The largest absolute Gasteiger partial charge is 0.462 e. The molecule has 0 N–H and O–H groups in total. The molecule has 0 spiro atoms. The maximum absolute atomic E-state index is 5.19. The summed E-state index contributed by atoms with van der Waals surface area (Å²) in [5, 5.41) is 1.15. The van der Waals surface area contributed by atoms with Gasteiger partial charge in [-0.1, -0.05) is 27.7 Å². The van der Waals surface area contributed by atoms with Gasteiger partial charge in [-0.05, 0) is 18.6 Å². The Morgan fingerprint density at radius 2 is 1.79 bits per heavy atom. The van der Waals surface area contributed by atoms with Crippen molar-refractivity contribution in [2.24, 2.45) is 0 Å². The van der Waals surface area contributed by atoms with Gasteiger partial charge >= 0.3 is 0 Å². The SMILES string of the molecule is CC.CC.Cc1coc2cnccc12. The molecular weight excluding hydrogens is 174 g/mol. The lowest BCUT2D eigenvalue weighted by Gasteiger charge is -1.84. The second kappa shape index (κ2) is 7.13. The molecule has 2 rings (SSSR count). The summed E-state index contributed by atoms with van der Waals surface area (Å²) in [5.74, 6) is 0. The molecule has 78 valence electrons. The van der Waals surface area contributed by atoms with E-state index in [1.165, 1.54) is 0 Å². The van der Waals surface area contributed by atoms with Crippen LogP contribution in [0.5, 0.6) is 0 Å². The fourth-order valence-electron chi connectivity index (χ4n) is 1.02. The summed E-state index contributed by atoms with van der Waals surface area (Å²) in [7, 11) is 0. The number of pyridine rings is 1. The Morgan fingerprint density at radius 3 is 2.36 bits per heavy atom.